The summed E-state index contributed by atoms with van der Waals surface area (Å²) in [6.45, 7) is 1.81. The molecular weight excluding hydrogens is 202 g/mol. The van der Waals surface area contributed by atoms with Gasteiger partial charge in [0.2, 0.25) is 5.91 Å². The minimum atomic E-state index is -0.680. The van der Waals surface area contributed by atoms with Gasteiger partial charge in [0.05, 0.1) is 0 Å². The van der Waals surface area contributed by atoms with Gasteiger partial charge in [-0.3, -0.25) is 4.79 Å². The first-order valence-corrected chi connectivity index (χ1v) is 4.58. The molecule has 1 heterocycles. The van der Waals surface area contributed by atoms with Crippen LogP contribution in [0.4, 0.5) is 5.69 Å². The minimum absolute atomic E-state index is 0.277. The summed E-state index contributed by atoms with van der Waals surface area (Å²) in [5, 5.41) is 3.25. The molecule has 1 aliphatic heterocycles. The maximum absolute atomic E-state index is 11.3. The molecule has 1 aromatic carbocycles. The van der Waals surface area contributed by atoms with Crippen LogP contribution < -0.4 is 5.32 Å². The van der Waals surface area contributed by atoms with E-state index in [1.165, 1.54) is 0 Å². The second-order valence-corrected chi connectivity index (χ2v) is 3.65. The molecule has 0 saturated heterocycles. The van der Waals surface area contributed by atoms with Crippen molar-refractivity contribution < 1.29 is 9.59 Å². The van der Waals surface area contributed by atoms with Crippen molar-refractivity contribution in [1.82, 2.24) is 0 Å². The highest BCUT2D eigenvalue weighted by Gasteiger charge is 2.31. The lowest BCUT2D eigenvalue weighted by atomic mass is 10.0. The summed E-state index contributed by atoms with van der Waals surface area (Å²) in [6.07, 6.45) is 0.647. The molecule has 1 atom stereocenters. The number of anilines is 1. The Labute approximate surface area is 86.1 Å². The summed E-state index contributed by atoms with van der Waals surface area (Å²) in [5.41, 5.74) is 2.20. The summed E-state index contributed by atoms with van der Waals surface area (Å²) < 4.78 is 0. The van der Waals surface area contributed by atoms with E-state index in [0.717, 1.165) is 5.56 Å². The van der Waals surface area contributed by atoms with E-state index in [-0.39, 0.29) is 5.91 Å². The average Bonchev–Trinajstić information content (AvgIpc) is 2.49. The molecule has 4 heteroatoms. The normalized spacial score (nSPS) is 19.0. The van der Waals surface area contributed by atoms with Gasteiger partial charge in [0.1, 0.15) is 12.2 Å². The number of amides is 1. The van der Waals surface area contributed by atoms with Crippen LogP contribution in [0, 0.1) is 6.92 Å². The van der Waals surface area contributed by atoms with Gasteiger partial charge in [-0.15, -0.1) is 0 Å². The first-order chi connectivity index (χ1) is 6.65. The van der Waals surface area contributed by atoms with E-state index in [4.69, 9.17) is 11.6 Å². The van der Waals surface area contributed by atoms with Crippen molar-refractivity contribution in [3.8, 4) is 0 Å². The van der Waals surface area contributed by atoms with E-state index < -0.39 is 5.92 Å². The fraction of sp³-hybridized carbons (Fsp3) is 0.200. The summed E-state index contributed by atoms with van der Waals surface area (Å²) >= 11 is 5.89. The van der Waals surface area contributed by atoms with Crippen LogP contribution in [0.15, 0.2) is 12.1 Å². The number of benzene rings is 1. The molecule has 1 N–H and O–H groups in total. The Morgan fingerprint density at radius 3 is 2.86 bits per heavy atom. The van der Waals surface area contributed by atoms with Crippen molar-refractivity contribution in [2.45, 2.75) is 12.8 Å². The van der Waals surface area contributed by atoms with Crippen LogP contribution in [0.3, 0.4) is 0 Å². The van der Waals surface area contributed by atoms with Crippen LogP contribution in [-0.4, -0.2) is 12.2 Å². The third kappa shape index (κ3) is 1.13. The number of carbonyl (C=O) groups is 2. The monoisotopic (exact) mass is 209 g/mol. The molecule has 1 unspecified atom stereocenters. The molecule has 1 aromatic rings. The lowest BCUT2D eigenvalue weighted by Gasteiger charge is -2.05. The summed E-state index contributed by atoms with van der Waals surface area (Å²) in [7, 11) is 0. The van der Waals surface area contributed by atoms with Gasteiger partial charge in [-0.2, -0.15) is 0 Å². The Morgan fingerprint density at radius 1 is 1.50 bits per heavy atom. The fourth-order valence-electron chi connectivity index (χ4n) is 1.61. The SMILES string of the molecule is Cc1c(Cl)ccc2c1NC(=O)C2C=O. The molecule has 2 rings (SSSR count). The lowest BCUT2D eigenvalue weighted by Crippen LogP contribution is -2.12. The molecule has 72 valence electrons. The smallest absolute Gasteiger partial charge is 0.239 e. The largest absolute Gasteiger partial charge is 0.325 e. The maximum Gasteiger partial charge on any atom is 0.239 e. The van der Waals surface area contributed by atoms with E-state index in [2.05, 4.69) is 5.32 Å². The molecule has 0 spiro atoms. The fourth-order valence-corrected chi connectivity index (χ4v) is 1.77. The highest BCUT2D eigenvalue weighted by Crippen LogP contribution is 2.36. The molecule has 0 radical (unpaired) electrons. The van der Waals surface area contributed by atoms with Crippen LogP contribution in [0.25, 0.3) is 0 Å². The topological polar surface area (TPSA) is 46.2 Å². The van der Waals surface area contributed by atoms with Gasteiger partial charge in [-0.1, -0.05) is 17.7 Å². The number of nitrogens with one attached hydrogen (secondary N) is 1. The Morgan fingerprint density at radius 2 is 2.21 bits per heavy atom. The molecule has 0 aliphatic carbocycles. The maximum atomic E-state index is 11.3. The molecule has 14 heavy (non-hydrogen) atoms. The van der Waals surface area contributed by atoms with E-state index in [1.807, 2.05) is 6.92 Å². The molecular formula is C10H8ClNO2. The van der Waals surface area contributed by atoms with Gasteiger partial charge in [-0.25, -0.2) is 0 Å². The van der Waals surface area contributed by atoms with Gasteiger partial charge >= 0.3 is 0 Å². The van der Waals surface area contributed by atoms with Gasteiger partial charge < -0.3 is 10.1 Å². The Hall–Kier alpha value is -1.35. The van der Waals surface area contributed by atoms with Gasteiger partial charge in [0.25, 0.3) is 0 Å². The molecule has 1 aliphatic rings. The number of fused-ring (bicyclic) bond motifs is 1. The van der Waals surface area contributed by atoms with Crippen molar-refractivity contribution in [2.75, 3.05) is 5.32 Å². The number of carbonyl (C=O) groups excluding carboxylic acids is 2. The zero-order valence-corrected chi connectivity index (χ0v) is 8.26. The Balaban J connectivity index is 2.63. The summed E-state index contributed by atoms with van der Waals surface area (Å²) in [6, 6.07) is 3.41. The second kappa shape index (κ2) is 3.10. The van der Waals surface area contributed by atoms with Crippen molar-refractivity contribution in [2.24, 2.45) is 0 Å². The predicted molar refractivity (Wildman–Crippen MR) is 53.6 cm³/mol. The summed E-state index contributed by atoms with van der Waals surface area (Å²) in [5.74, 6) is -0.957. The zero-order chi connectivity index (χ0) is 10.3. The van der Waals surface area contributed by atoms with Crippen LogP contribution in [-0.2, 0) is 9.59 Å². The lowest BCUT2D eigenvalue weighted by molar-refractivity contribution is -0.121. The van der Waals surface area contributed by atoms with E-state index in [0.29, 0.717) is 22.6 Å². The third-order valence-electron chi connectivity index (χ3n) is 2.43. The zero-order valence-electron chi connectivity index (χ0n) is 7.50. The van der Waals surface area contributed by atoms with Gasteiger partial charge in [0.15, 0.2) is 0 Å². The first-order valence-electron chi connectivity index (χ1n) is 4.20. The number of rotatable bonds is 1. The average molecular weight is 210 g/mol. The molecule has 1 amide bonds. The van der Waals surface area contributed by atoms with Gasteiger partial charge in [-0.05, 0) is 24.1 Å². The standard InChI is InChI=1S/C10H8ClNO2/c1-5-8(11)3-2-6-7(4-13)10(14)12-9(5)6/h2-4,7H,1H3,(H,12,14). The molecule has 0 fully saturated rings. The molecule has 3 nitrogen and oxygen atoms in total. The van der Waals surface area contributed by atoms with Gasteiger partial charge in [0, 0.05) is 10.7 Å². The number of halogens is 1. The Kier molecular flexibility index (Phi) is 2.04. The van der Waals surface area contributed by atoms with Crippen molar-refractivity contribution in [1.29, 1.82) is 0 Å². The van der Waals surface area contributed by atoms with Crippen molar-refractivity contribution in [3.05, 3.63) is 28.3 Å². The van der Waals surface area contributed by atoms with Crippen LogP contribution in [0.1, 0.15) is 17.0 Å². The molecule has 0 saturated carbocycles. The van der Waals surface area contributed by atoms with Crippen LogP contribution in [0.5, 0.6) is 0 Å². The first kappa shape index (κ1) is 9.21. The predicted octanol–water partition coefficient (Wildman–Crippen LogP) is 1.88. The highest BCUT2D eigenvalue weighted by molar-refractivity contribution is 6.32. The van der Waals surface area contributed by atoms with E-state index in [1.54, 1.807) is 12.1 Å². The van der Waals surface area contributed by atoms with Crippen LogP contribution in [0.2, 0.25) is 5.02 Å². The van der Waals surface area contributed by atoms with Crippen LogP contribution >= 0.6 is 11.6 Å². The highest BCUT2D eigenvalue weighted by atomic mass is 35.5. The minimum Gasteiger partial charge on any atom is -0.325 e. The summed E-state index contributed by atoms with van der Waals surface area (Å²) in [4.78, 5) is 22.0. The van der Waals surface area contributed by atoms with Crippen molar-refractivity contribution in [3.63, 3.8) is 0 Å². The second-order valence-electron chi connectivity index (χ2n) is 3.24. The number of hydrogen-bond donors (Lipinski definition) is 1. The molecule has 0 aromatic heterocycles. The molecule has 0 bridgehead atoms. The van der Waals surface area contributed by atoms with E-state index in [9.17, 15) is 9.59 Å². The number of hydrogen-bond acceptors (Lipinski definition) is 2. The number of aldehydes is 1. The van der Waals surface area contributed by atoms with E-state index >= 15 is 0 Å². The third-order valence-corrected chi connectivity index (χ3v) is 2.84. The Bertz CT molecular complexity index is 428. The quantitative estimate of drug-likeness (QED) is 0.567. The van der Waals surface area contributed by atoms with Crippen molar-refractivity contribution >= 4 is 29.5 Å².